The largest absolute Gasteiger partial charge is 0.496 e. The van der Waals surface area contributed by atoms with Gasteiger partial charge in [-0.05, 0) is 30.7 Å². The van der Waals surface area contributed by atoms with Gasteiger partial charge in [-0.3, -0.25) is 19.3 Å². The highest BCUT2D eigenvalue weighted by atomic mass is 16.5. The van der Waals surface area contributed by atoms with Crippen molar-refractivity contribution in [1.82, 2.24) is 9.80 Å². The van der Waals surface area contributed by atoms with Gasteiger partial charge in [-0.1, -0.05) is 24.3 Å². The molecule has 1 aliphatic heterocycles. The number of carbonyl (C=O) groups is 3. The molecule has 32 heavy (non-hydrogen) atoms. The second-order valence-electron chi connectivity index (χ2n) is 7.96. The Morgan fingerprint density at radius 1 is 1.06 bits per heavy atom. The number of ether oxygens (including phenoxy) is 1. The predicted octanol–water partition coefficient (Wildman–Crippen LogP) is 2.81. The van der Waals surface area contributed by atoms with Crippen molar-refractivity contribution in [3.05, 3.63) is 53.6 Å². The molecule has 1 fully saturated rings. The van der Waals surface area contributed by atoms with Crippen molar-refractivity contribution in [2.75, 3.05) is 43.9 Å². The van der Waals surface area contributed by atoms with E-state index in [1.165, 1.54) is 6.92 Å². The fourth-order valence-electron chi connectivity index (χ4n) is 4.00. The normalized spacial score (nSPS) is 16.4. The summed E-state index contributed by atoms with van der Waals surface area (Å²) >= 11 is 0. The third-order valence-electron chi connectivity index (χ3n) is 5.57. The molecule has 0 aromatic heterocycles. The Morgan fingerprint density at radius 2 is 1.81 bits per heavy atom. The van der Waals surface area contributed by atoms with Gasteiger partial charge >= 0.3 is 0 Å². The van der Waals surface area contributed by atoms with Gasteiger partial charge in [0.15, 0.2) is 0 Å². The smallest absolute Gasteiger partial charge is 0.238 e. The van der Waals surface area contributed by atoms with Crippen molar-refractivity contribution in [1.29, 1.82) is 0 Å². The first-order chi connectivity index (χ1) is 15.3. The van der Waals surface area contributed by atoms with Crippen molar-refractivity contribution in [3.63, 3.8) is 0 Å². The molecule has 1 saturated heterocycles. The summed E-state index contributed by atoms with van der Waals surface area (Å²) in [5.74, 6) is 0.398. The van der Waals surface area contributed by atoms with Crippen LogP contribution in [0.25, 0.3) is 0 Å². The summed E-state index contributed by atoms with van der Waals surface area (Å²) in [6, 6.07) is 12.9. The first-order valence-corrected chi connectivity index (χ1v) is 10.6. The van der Waals surface area contributed by atoms with Gasteiger partial charge < -0.3 is 20.3 Å². The number of nitrogens with one attached hydrogen (secondary N) is 2. The molecule has 1 unspecified atom stereocenters. The summed E-state index contributed by atoms with van der Waals surface area (Å²) in [6.45, 7) is 6.76. The fraction of sp³-hybridized carbons (Fsp3) is 0.375. The number of anilines is 2. The molecular weight excluding hydrogens is 408 g/mol. The van der Waals surface area contributed by atoms with Crippen molar-refractivity contribution in [2.45, 2.75) is 26.8 Å². The Balaban J connectivity index is 1.70. The molecule has 3 rings (SSSR count). The summed E-state index contributed by atoms with van der Waals surface area (Å²) in [5, 5.41) is 5.67. The molecule has 8 nitrogen and oxygen atoms in total. The molecule has 0 bridgehead atoms. The third kappa shape index (κ3) is 5.64. The molecule has 0 radical (unpaired) electrons. The summed E-state index contributed by atoms with van der Waals surface area (Å²) in [7, 11) is 1.61. The van der Waals surface area contributed by atoms with Crippen molar-refractivity contribution in [2.24, 2.45) is 0 Å². The molecule has 2 N–H and O–H groups in total. The number of nitrogens with zero attached hydrogens (tertiary/aromatic N) is 2. The van der Waals surface area contributed by atoms with Crippen LogP contribution >= 0.6 is 0 Å². The van der Waals surface area contributed by atoms with Gasteiger partial charge in [0.05, 0.1) is 19.7 Å². The van der Waals surface area contributed by atoms with Gasteiger partial charge in [0.25, 0.3) is 0 Å². The highest BCUT2D eigenvalue weighted by molar-refractivity contribution is 5.94. The molecule has 2 aromatic rings. The predicted molar refractivity (Wildman–Crippen MR) is 124 cm³/mol. The van der Waals surface area contributed by atoms with Gasteiger partial charge in [0, 0.05) is 50.4 Å². The number of methoxy groups -OCH3 is 1. The summed E-state index contributed by atoms with van der Waals surface area (Å²) in [4.78, 5) is 40.2. The number of rotatable bonds is 6. The maximum absolute atomic E-state index is 12.7. The van der Waals surface area contributed by atoms with E-state index >= 15 is 0 Å². The number of amides is 3. The molecule has 1 heterocycles. The minimum absolute atomic E-state index is 0.00448. The van der Waals surface area contributed by atoms with Gasteiger partial charge in [-0.15, -0.1) is 0 Å². The van der Waals surface area contributed by atoms with E-state index in [4.69, 9.17) is 4.74 Å². The number of aryl methyl sites for hydroxylation is 1. The molecule has 0 aliphatic carbocycles. The minimum atomic E-state index is -0.198. The van der Waals surface area contributed by atoms with Crippen molar-refractivity contribution < 1.29 is 19.1 Å². The zero-order valence-corrected chi connectivity index (χ0v) is 19.0. The number of hydrogen-bond donors (Lipinski definition) is 2. The van der Waals surface area contributed by atoms with E-state index in [9.17, 15) is 14.4 Å². The average Bonchev–Trinajstić information content (AvgIpc) is 2.75. The number of piperazine rings is 1. The zero-order valence-electron chi connectivity index (χ0n) is 19.0. The Kier molecular flexibility index (Phi) is 7.48. The van der Waals surface area contributed by atoms with Crippen LogP contribution in [-0.4, -0.2) is 60.8 Å². The summed E-state index contributed by atoms with van der Waals surface area (Å²) in [5.41, 5.74) is 3.13. The van der Waals surface area contributed by atoms with Crippen LogP contribution in [0.4, 0.5) is 11.4 Å². The Bertz CT molecular complexity index is 1010. The lowest BCUT2D eigenvalue weighted by Gasteiger charge is -2.41. The second kappa shape index (κ2) is 10.3. The van der Waals surface area contributed by atoms with Crippen LogP contribution in [-0.2, 0) is 14.4 Å². The Morgan fingerprint density at radius 3 is 2.50 bits per heavy atom. The van der Waals surface area contributed by atoms with Crippen LogP contribution < -0.4 is 15.4 Å². The zero-order chi connectivity index (χ0) is 23.3. The molecule has 2 aromatic carbocycles. The Hall–Kier alpha value is -3.39. The van der Waals surface area contributed by atoms with Gasteiger partial charge in [0.2, 0.25) is 17.7 Å². The van der Waals surface area contributed by atoms with Crippen LogP contribution in [0.3, 0.4) is 0 Å². The second-order valence-corrected chi connectivity index (χ2v) is 7.96. The SMILES string of the molecule is COc1ccccc1C1CN(CC(=O)Nc2ccc(C)c(NC(C)=O)c2)CCN1C(C)=O. The maximum Gasteiger partial charge on any atom is 0.238 e. The minimum Gasteiger partial charge on any atom is -0.496 e. The number of para-hydroxylation sites is 1. The molecule has 170 valence electrons. The first kappa shape index (κ1) is 23.3. The highest BCUT2D eigenvalue weighted by Gasteiger charge is 2.32. The molecule has 8 heteroatoms. The molecule has 0 spiro atoms. The molecule has 1 aliphatic rings. The first-order valence-electron chi connectivity index (χ1n) is 10.6. The molecule has 1 atom stereocenters. The standard InChI is InChI=1S/C24H30N4O4/c1-16-9-10-19(13-21(16)25-17(2)29)26-24(31)15-27-11-12-28(18(3)30)22(14-27)20-7-5-6-8-23(20)32-4/h5-10,13,22H,11-12,14-15H2,1-4H3,(H,25,29)(H,26,31). The monoisotopic (exact) mass is 438 g/mol. The fourth-order valence-corrected chi connectivity index (χ4v) is 4.00. The van der Waals surface area contributed by atoms with Crippen LogP contribution in [0, 0.1) is 6.92 Å². The number of benzene rings is 2. The van der Waals surface area contributed by atoms with Crippen molar-refractivity contribution in [3.8, 4) is 5.75 Å². The quantitative estimate of drug-likeness (QED) is 0.724. The van der Waals surface area contributed by atoms with E-state index in [1.807, 2.05) is 53.1 Å². The van der Waals surface area contributed by atoms with E-state index in [2.05, 4.69) is 10.6 Å². The van der Waals surface area contributed by atoms with E-state index in [-0.39, 0.29) is 30.3 Å². The average molecular weight is 439 g/mol. The highest BCUT2D eigenvalue weighted by Crippen LogP contribution is 2.32. The van der Waals surface area contributed by atoms with Gasteiger partial charge in [0.1, 0.15) is 5.75 Å². The maximum atomic E-state index is 12.7. The van der Waals surface area contributed by atoms with Gasteiger partial charge in [-0.25, -0.2) is 0 Å². The Labute approximate surface area is 188 Å². The summed E-state index contributed by atoms with van der Waals surface area (Å²) in [6.07, 6.45) is 0. The molecule has 3 amide bonds. The van der Waals surface area contributed by atoms with Crippen LogP contribution in [0.1, 0.15) is 31.0 Å². The number of hydrogen-bond acceptors (Lipinski definition) is 5. The lowest BCUT2D eigenvalue weighted by molar-refractivity contribution is -0.134. The lowest BCUT2D eigenvalue weighted by Crippen LogP contribution is -2.51. The lowest BCUT2D eigenvalue weighted by atomic mass is 10.0. The van der Waals surface area contributed by atoms with Crippen LogP contribution in [0.5, 0.6) is 5.75 Å². The molecular formula is C24H30N4O4. The van der Waals surface area contributed by atoms with E-state index in [0.717, 1.165) is 16.9 Å². The summed E-state index contributed by atoms with van der Waals surface area (Å²) < 4.78 is 5.50. The third-order valence-corrected chi connectivity index (χ3v) is 5.57. The van der Waals surface area contributed by atoms with E-state index < -0.39 is 0 Å². The van der Waals surface area contributed by atoms with Crippen LogP contribution in [0.15, 0.2) is 42.5 Å². The van der Waals surface area contributed by atoms with Gasteiger partial charge in [-0.2, -0.15) is 0 Å². The topological polar surface area (TPSA) is 91.0 Å². The number of carbonyl (C=O) groups excluding carboxylic acids is 3. The van der Waals surface area contributed by atoms with E-state index in [0.29, 0.717) is 31.0 Å². The van der Waals surface area contributed by atoms with Crippen molar-refractivity contribution >= 4 is 29.1 Å². The van der Waals surface area contributed by atoms with Crippen LogP contribution in [0.2, 0.25) is 0 Å². The van der Waals surface area contributed by atoms with E-state index in [1.54, 1.807) is 20.1 Å². The molecule has 0 saturated carbocycles.